The van der Waals surface area contributed by atoms with Crippen LogP contribution in [0.1, 0.15) is 44.2 Å². The molecule has 2 N–H and O–H groups in total. The molecule has 0 atom stereocenters. The molecule has 1 aliphatic carbocycles. The molecule has 17 heavy (non-hydrogen) atoms. The summed E-state index contributed by atoms with van der Waals surface area (Å²) < 4.78 is 0. The van der Waals surface area contributed by atoms with E-state index in [1.54, 1.807) is 12.4 Å². The summed E-state index contributed by atoms with van der Waals surface area (Å²) in [5, 5.41) is 13.7. The summed E-state index contributed by atoms with van der Waals surface area (Å²) >= 11 is 0. The van der Waals surface area contributed by atoms with Gasteiger partial charge in [-0.05, 0) is 19.8 Å². The smallest absolute Gasteiger partial charge is 0.144 e. The number of aliphatic hydroxyl groups is 1. The van der Waals surface area contributed by atoms with Crippen molar-refractivity contribution in [2.24, 2.45) is 0 Å². The minimum Gasteiger partial charge on any atom is -0.388 e. The van der Waals surface area contributed by atoms with Crippen molar-refractivity contribution in [3.05, 3.63) is 18.1 Å². The maximum absolute atomic E-state index is 10.5. The second-order valence-corrected chi connectivity index (χ2v) is 5.04. The first kappa shape index (κ1) is 12.3. The van der Waals surface area contributed by atoms with Crippen LogP contribution in [0.2, 0.25) is 0 Å². The molecule has 0 unspecified atom stereocenters. The Bertz CT molecular complexity index is 359. The Hall–Kier alpha value is -1.16. The van der Waals surface area contributed by atoms with Crippen LogP contribution in [0.5, 0.6) is 0 Å². The molecule has 1 aliphatic rings. The highest BCUT2D eigenvalue weighted by Gasteiger charge is 2.27. The fraction of sp³-hybridized carbons (Fsp3) is 0.692. The summed E-state index contributed by atoms with van der Waals surface area (Å²) in [5.41, 5.74) is 0.324. The lowest BCUT2D eigenvalue weighted by Crippen LogP contribution is -2.36. The molecule has 0 amide bonds. The van der Waals surface area contributed by atoms with Gasteiger partial charge in [-0.2, -0.15) is 0 Å². The molecule has 0 aromatic carbocycles. The molecule has 1 heterocycles. The molecular weight excluding hydrogens is 214 g/mol. The van der Waals surface area contributed by atoms with Crippen LogP contribution < -0.4 is 5.32 Å². The van der Waals surface area contributed by atoms with Crippen molar-refractivity contribution in [3.8, 4) is 0 Å². The monoisotopic (exact) mass is 235 g/mol. The zero-order valence-electron chi connectivity index (χ0n) is 10.4. The van der Waals surface area contributed by atoms with E-state index in [0.717, 1.165) is 37.2 Å². The van der Waals surface area contributed by atoms with Crippen molar-refractivity contribution < 1.29 is 5.11 Å². The Labute approximate surface area is 102 Å². The maximum Gasteiger partial charge on any atom is 0.144 e. The summed E-state index contributed by atoms with van der Waals surface area (Å²) in [6, 6.07) is 0. The van der Waals surface area contributed by atoms with Gasteiger partial charge in [0.25, 0.3) is 0 Å². The Kier molecular flexibility index (Phi) is 3.94. The minimum atomic E-state index is -0.568. The van der Waals surface area contributed by atoms with E-state index >= 15 is 0 Å². The standard InChI is InChI=1S/C13H21N3O/c1-11-8-14-9-12(16-11)15-10-13(17)6-4-2-3-5-7-13/h8-9,17H,2-7,10H2,1H3,(H,15,16). The highest BCUT2D eigenvalue weighted by Crippen LogP contribution is 2.27. The van der Waals surface area contributed by atoms with E-state index in [-0.39, 0.29) is 0 Å². The molecule has 0 saturated heterocycles. The van der Waals surface area contributed by atoms with Crippen LogP contribution in [-0.2, 0) is 0 Å². The lowest BCUT2D eigenvalue weighted by Gasteiger charge is -2.27. The van der Waals surface area contributed by atoms with Crippen molar-refractivity contribution in [2.75, 3.05) is 11.9 Å². The first-order valence-corrected chi connectivity index (χ1v) is 6.43. The van der Waals surface area contributed by atoms with Crippen LogP contribution in [0.25, 0.3) is 0 Å². The van der Waals surface area contributed by atoms with Gasteiger partial charge in [0.15, 0.2) is 0 Å². The van der Waals surface area contributed by atoms with Crippen LogP contribution in [0.3, 0.4) is 0 Å². The third-order valence-corrected chi connectivity index (χ3v) is 3.39. The van der Waals surface area contributed by atoms with Gasteiger partial charge in [-0.25, -0.2) is 4.98 Å². The van der Waals surface area contributed by atoms with Crippen LogP contribution in [-0.4, -0.2) is 27.2 Å². The number of aromatic nitrogens is 2. The minimum absolute atomic E-state index is 0.568. The van der Waals surface area contributed by atoms with Crippen molar-refractivity contribution in [1.82, 2.24) is 9.97 Å². The van der Waals surface area contributed by atoms with Gasteiger partial charge in [0.1, 0.15) is 5.82 Å². The normalized spacial score (nSPS) is 19.6. The number of nitrogens with zero attached hydrogens (tertiary/aromatic N) is 2. The highest BCUT2D eigenvalue weighted by atomic mass is 16.3. The number of hydrogen-bond acceptors (Lipinski definition) is 4. The van der Waals surface area contributed by atoms with Gasteiger partial charge in [-0.3, -0.25) is 4.98 Å². The van der Waals surface area contributed by atoms with Crippen molar-refractivity contribution in [3.63, 3.8) is 0 Å². The molecule has 1 fully saturated rings. The molecule has 4 nitrogen and oxygen atoms in total. The molecule has 0 bridgehead atoms. The topological polar surface area (TPSA) is 58.0 Å². The summed E-state index contributed by atoms with van der Waals surface area (Å²) in [7, 11) is 0. The molecule has 0 aliphatic heterocycles. The molecule has 1 aromatic rings. The Morgan fingerprint density at radius 2 is 1.94 bits per heavy atom. The SMILES string of the molecule is Cc1cncc(NCC2(O)CCCCCC2)n1. The highest BCUT2D eigenvalue weighted by molar-refractivity contribution is 5.32. The van der Waals surface area contributed by atoms with E-state index in [2.05, 4.69) is 15.3 Å². The van der Waals surface area contributed by atoms with Crippen LogP contribution in [0, 0.1) is 6.92 Å². The van der Waals surface area contributed by atoms with E-state index in [0.29, 0.717) is 6.54 Å². The Balaban J connectivity index is 1.92. The van der Waals surface area contributed by atoms with Gasteiger partial charge in [0.05, 0.1) is 17.5 Å². The van der Waals surface area contributed by atoms with E-state index in [4.69, 9.17) is 0 Å². The van der Waals surface area contributed by atoms with Gasteiger partial charge in [0.2, 0.25) is 0 Å². The van der Waals surface area contributed by atoms with Crippen LogP contribution >= 0.6 is 0 Å². The molecule has 0 radical (unpaired) electrons. The van der Waals surface area contributed by atoms with Gasteiger partial charge < -0.3 is 10.4 Å². The lowest BCUT2D eigenvalue weighted by molar-refractivity contribution is 0.0380. The summed E-state index contributed by atoms with van der Waals surface area (Å²) in [5.74, 6) is 0.752. The number of rotatable bonds is 3. The predicted octanol–water partition coefficient (Wildman–Crippen LogP) is 2.28. The lowest BCUT2D eigenvalue weighted by atomic mass is 9.94. The first-order chi connectivity index (χ1) is 8.18. The number of aryl methyl sites for hydroxylation is 1. The zero-order valence-corrected chi connectivity index (χ0v) is 10.4. The van der Waals surface area contributed by atoms with E-state index < -0.39 is 5.60 Å². The Morgan fingerprint density at radius 3 is 2.59 bits per heavy atom. The quantitative estimate of drug-likeness (QED) is 0.789. The van der Waals surface area contributed by atoms with Crippen molar-refractivity contribution in [2.45, 2.75) is 51.0 Å². The van der Waals surface area contributed by atoms with E-state index in [1.165, 1.54) is 12.8 Å². The van der Waals surface area contributed by atoms with E-state index in [1.807, 2.05) is 6.92 Å². The van der Waals surface area contributed by atoms with Gasteiger partial charge in [0, 0.05) is 12.7 Å². The third kappa shape index (κ3) is 3.66. The van der Waals surface area contributed by atoms with Gasteiger partial charge in [-0.1, -0.05) is 25.7 Å². The molecular formula is C13H21N3O. The zero-order chi connectivity index (χ0) is 12.1. The number of hydrogen-bond donors (Lipinski definition) is 2. The summed E-state index contributed by atoms with van der Waals surface area (Å²) in [4.78, 5) is 8.41. The summed E-state index contributed by atoms with van der Waals surface area (Å²) in [6.45, 7) is 2.49. The summed E-state index contributed by atoms with van der Waals surface area (Å²) in [6.07, 6.45) is 9.94. The van der Waals surface area contributed by atoms with Crippen LogP contribution in [0.4, 0.5) is 5.82 Å². The predicted molar refractivity (Wildman–Crippen MR) is 67.9 cm³/mol. The Morgan fingerprint density at radius 1 is 1.24 bits per heavy atom. The molecule has 1 saturated carbocycles. The van der Waals surface area contributed by atoms with Gasteiger partial charge in [-0.15, -0.1) is 0 Å². The second-order valence-electron chi connectivity index (χ2n) is 5.04. The van der Waals surface area contributed by atoms with E-state index in [9.17, 15) is 5.11 Å². The first-order valence-electron chi connectivity index (χ1n) is 6.43. The third-order valence-electron chi connectivity index (χ3n) is 3.39. The van der Waals surface area contributed by atoms with Crippen molar-refractivity contribution in [1.29, 1.82) is 0 Å². The molecule has 1 aromatic heterocycles. The largest absolute Gasteiger partial charge is 0.388 e. The second kappa shape index (κ2) is 5.45. The molecule has 4 heteroatoms. The fourth-order valence-corrected chi connectivity index (χ4v) is 2.37. The fourth-order valence-electron chi connectivity index (χ4n) is 2.37. The number of nitrogens with one attached hydrogen (secondary N) is 1. The average molecular weight is 235 g/mol. The molecule has 0 spiro atoms. The van der Waals surface area contributed by atoms with Gasteiger partial charge >= 0.3 is 0 Å². The average Bonchev–Trinajstić information content (AvgIpc) is 2.53. The van der Waals surface area contributed by atoms with Crippen LogP contribution in [0.15, 0.2) is 12.4 Å². The van der Waals surface area contributed by atoms with Crippen molar-refractivity contribution >= 4 is 5.82 Å². The number of anilines is 1. The maximum atomic E-state index is 10.5. The molecule has 2 rings (SSSR count). The molecule has 94 valence electrons.